The molecule has 1 atom stereocenters. The lowest BCUT2D eigenvalue weighted by Crippen LogP contribution is -2.48. The van der Waals surface area contributed by atoms with Gasteiger partial charge >= 0.3 is 0 Å². The summed E-state index contributed by atoms with van der Waals surface area (Å²) in [6, 6.07) is 8.94. The minimum atomic E-state index is -0.0200. The molecule has 6 nitrogen and oxygen atoms in total. The molecule has 0 aliphatic carbocycles. The fraction of sp³-hybridized carbons (Fsp3) is 0.667. The van der Waals surface area contributed by atoms with Gasteiger partial charge in [0.2, 0.25) is 0 Å². The molecular formula is C21H35IN4O2. The molecule has 2 fully saturated rings. The number of benzene rings is 1. The van der Waals surface area contributed by atoms with Crippen molar-refractivity contribution >= 4 is 29.9 Å². The zero-order valence-corrected chi connectivity index (χ0v) is 19.9. The lowest BCUT2D eigenvalue weighted by molar-refractivity contribution is 0.0195. The maximum atomic E-state index is 5.49. The molecule has 0 bridgehead atoms. The second kappa shape index (κ2) is 10.6. The number of hydrogen-bond acceptors (Lipinski definition) is 4. The van der Waals surface area contributed by atoms with E-state index in [4.69, 9.17) is 9.47 Å². The Kier molecular flexibility index (Phi) is 8.82. The lowest BCUT2D eigenvalue weighted by Gasteiger charge is -2.33. The molecule has 2 heterocycles. The van der Waals surface area contributed by atoms with Crippen molar-refractivity contribution in [2.24, 2.45) is 4.99 Å². The van der Waals surface area contributed by atoms with E-state index in [9.17, 15) is 0 Å². The standard InChI is InChI=1S/C21H34N4O2.HI/c1-21(2,17-6-5-7-19(14-17)26-4)16-23-20(22-3)25-9-8-18(15-25)24-10-12-27-13-11-24;/h5-7,14,18H,8-13,15-16H2,1-4H3,(H,22,23);1H. The largest absolute Gasteiger partial charge is 0.497 e. The van der Waals surface area contributed by atoms with Crippen molar-refractivity contribution in [3.8, 4) is 5.75 Å². The Balaban J connectivity index is 0.00000280. The Hall–Kier alpha value is -1.06. The molecular weight excluding hydrogens is 467 g/mol. The number of rotatable bonds is 5. The van der Waals surface area contributed by atoms with Crippen molar-refractivity contribution in [3.05, 3.63) is 29.8 Å². The molecule has 28 heavy (non-hydrogen) atoms. The number of hydrogen-bond donors (Lipinski definition) is 1. The van der Waals surface area contributed by atoms with Gasteiger partial charge in [-0.05, 0) is 24.1 Å². The highest BCUT2D eigenvalue weighted by atomic mass is 127. The molecule has 1 unspecified atom stereocenters. The molecule has 2 aliphatic heterocycles. The first-order chi connectivity index (χ1) is 13.0. The second-order valence-corrected chi connectivity index (χ2v) is 8.05. The Morgan fingerprint density at radius 2 is 2.04 bits per heavy atom. The van der Waals surface area contributed by atoms with Crippen LogP contribution >= 0.6 is 24.0 Å². The number of nitrogens with zero attached hydrogens (tertiary/aromatic N) is 3. The molecule has 0 aromatic heterocycles. The molecule has 0 radical (unpaired) electrons. The quantitative estimate of drug-likeness (QED) is 0.381. The van der Waals surface area contributed by atoms with Gasteiger partial charge < -0.3 is 19.7 Å². The van der Waals surface area contributed by atoms with Gasteiger partial charge in [0, 0.05) is 51.2 Å². The van der Waals surface area contributed by atoms with Crippen LogP contribution < -0.4 is 10.1 Å². The van der Waals surface area contributed by atoms with Crippen LogP contribution in [0.3, 0.4) is 0 Å². The van der Waals surface area contributed by atoms with E-state index in [-0.39, 0.29) is 29.4 Å². The van der Waals surface area contributed by atoms with Crippen LogP contribution in [0.5, 0.6) is 5.75 Å². The molecule has 0 saturated carbocycles. The predicted octanol–water partition coefficient (Wildman–Crippen LogP) is 2.57. The van der Waals surface area contributed by atoms with Crippen molar-refractivity contribution in [2.45, 2.75) is 31.7 Å². The molecule has 2 saturated heterocycles. The maximum absolute atomic E-state index is 5.49. The van der Waals surface area contributed by atoms with Crippen LogP contribution in [0.2, 0.25) is 0 Å². The van der Waals surface area contributed by atoms with Gasteiger partial charge in [0.25, 0.3) is 0 Å². The van der Waals surface area contributed by atoms with Gasteiger partial charge in [-0.25, -0.2) is 0 Å². The number of halogens is 1. The highest BCUT2D eigenvalue weighted by Gasteiger charge is 2.31. The summed E-state index contributed by atoms with van der Waals surface area (Å²) < 4.78 is 10.9. The van der Waals surface area contributed by atoms with Gasteiger partial charge in [-0.2, -0.15) is 0 Å². The first-order valence-electron chi connectivity index (χ1n) is 9.95. The minimum Gasteiger partial charge on any atom is -0.497 e. The Labute approximate surface area is 186 Å². The highest BCUT2D eigenvalue weighted by molar-refractivity contribution is 14.0. The summed E-state index contributed by atoms with van der Waals surface area (Å²) in [6.07, 6.45) is 1.19. The predicted molar refractivity (Wildman–Crippen MR) is 125 cm³/mol. The van der Waals surface area contributed by atoms with Crippen molar-refractivity contribution in [1.29, 1.82) is 0 Å². The van der Waals surface area contributed by atoms with Gasteiger partial charge in [0.1, 0.15) is 5.75 Å². The van der Waals surface area contributed by atoms with E-state index in [2.05, 4.69) is 52.2 Å². The van der Waals surface area contributed by atoms with E-state index in [1.807, 2.05) is 13.1 Å². The maximum Gasteiger partial charge on any atom is 0.193 e. The summed E-state index contributed by atoms with van der Waals surface area (Å²) in [7, 11) is 3.59. The zero-order valence-electron chi connectivity index (χ0n) is 17.6. The van der Waals surface area contributed by atoms with Crippen LogP contribution in [-0.2, 0) is 10.2 Å². The fourth-order valence-corrected chi connectivity index (χ4v) is 3.95. The van der Waals surface area contributed by atoms with E-state index >= 15 is 0 Å². The number of ether oxygens (including phenoxy) is 2. The van der Waals surface area contributed by atoms with Crippen LogP contribution in [0.1, 0.15) is 25.8 Å². The number of nitrogens with one attached hydrogen (secondary N) is 1. The summed E-state index contributed by atoms with van der Waals surface area (Å²) >= 11 is 0. The average Bonchev–Trinajstić information content (AvgIpc) is 3.19. The zero-order chi connectivity index (χ0) is 19.3. The third kappa shape index (κ3) is 5.73. The monoisotopic (exact) mass is 502 g/mol. The van der Waals surface area contributed by atoms with E-state index in [1.165, 1.54) is 12.0 Å². The molecule has 7 heteroatoms. The van der Waals surface area contributed by atoms with Crippen LogP contribution in [0.15, 0.2) is 29.3 Å². The van der Waals surface area contributed by atoms with Gasteiger partial charge in [-0.15, -0.1) is 24.0 Å². The Bertz CT molecular complexity index is 647. The molecule has 0 spiro atoms. The Morgan fingerprint density at radius 3 is 2.71 bits per heavy atom. The van der Waals surface area contributed by atoms with Crippen LogP contribution in [0.25, 0.3) is 0 Å². The fourth-order valence-electron chi connectivity index (χ4n) is 3.95. The molecule has 1 aromatic rings. The third-order valence-corrected chi connectivity index (χ3v) is 5.78. The van der Waals surface area contributed by atoms with Gasteiger partial charge in [-0.1, -0.05) is 26.0 Å². The average molecular weight is 502 g/mol. The first-order valence-corrected chi connectivity index (χ1v) is 9.95. The van der Waals surface area contributed by atoms with E-state index < -0.39 is 0 Å². The summed E-state index contributed by atoms with van der Waals surface area (Å²) in [6.45, 7) is 11.2. The SMILES string of the molecule is CN=C(NCC(C)(C)c1cccc(OC)c1)N1CCC(N2CCOCC2)C1.I. The van der Waals surface area contributed by atoms with Gasteiger partial charge in [-0.3, -0.25) is 9.89 Å². The van der Waals surface area contributed by atoms with Crippen molar-refractivity contribution in [3.63, 3.8) is 0 Å². The number of guanidine groups is 1. The normalized spacial score (nSPS) is 21.4. The van der Waals surface area contributed by atoms with Crippen molar-refractivity contribution < 1.29 is 9.47 Å². The van der Waals surface area contributed by atoms with E-state index in [0.29, 0.717) is 6.04 Å². The highest BCUT2D eigenvalue weighted by Crippen LogP contribution is 2.26. The van der Waals surface area contributed by atoms with Crippen LogP contribution in [0.4, 0.5) is 0 Å². The van der Waals surface area contributed by atoms with Crippen LogP contribution in [0, 0.1) is 0 Å². The number of aliphatic imine (C=N–C) groups is 1. The molecule has 0 amide bonds. The summed E-state index contributed by atoms with van der Waals surface area (Å²) in [5.41, 5.74) is 1.24. The molecule has 158 valence electrons. The topological polar surface area (TPSA) is 49.3 Å². The summed E-state index contributed by atoms with van der Waals surface area (Å²) in [4.78, 5) is 9.50. The second-order valence-electron chi connectivity index (χ2n) is 8.05. The third-order valence-electron chi connectivity index (χ3n) is 5.78. The molecule has 3 rings (SSSR count). The van der Waals surface area contributed by atoms with Crippen molar-refractivity contribution in [1.82, 2.24) is 15.1 Å². The first kappa shape index (κ1) is 23.2. The van der Waals surface area contributed by atoms with Gasteiger partial charge in [0.05, 0.1) is 20.3 Å². The lowest BCUT2D eigenvalue weighted by atomic mass is 9.84. The molecule has 1 N–H and O–H groups in total. The smallest absolute Gasteiger partial charge is 0.193 e. The van der Waals surface area contributed by atoms with E-state index in [1.54, 1.807) is 7.11 Å². The van der Waals surface area contributed by atoms with E-state index in [0.717, 1.165) is 57.6 Å². The number of likely N-dealkylation sites (tertiary alicyclic amines) is 1. The summed E-state index contributed by atoms with van der Waals surface area (Å²) in [5, 5.41) is 3.60. The molecule has 2 aliphatic rings. The van der Waals surface area contributed by atoms with Gasteiger partial charge in [0.15, 0.2) is 5.96 Å². The summed E-state index contributed by atoms with van der Waals surface area (Å²) in [5.74, 6) is 1.90. The number of morpholine rings is 1. The van der Waals surface area contributed by atoms with Crippen LogP contribution in [-0.4, -0.2) is 81.9 Å². The van der Waals surface area contributed by atoms with Crippen molar-refractivity contribution in [2.75, 3.05) is 60.1 Å². The Morgan fingerprint density at radius 1 is 1.29 bits per heavy atom. The number of methoxy groups -OCH3 is 1. The molecule has 1 aromatic carbocycles. The minimum absolute atomic E-state index is 0.